The van der Waals surface area contributed by atoms with Gasteiger partial charge in [0.25, 0.3) is 0 Å². The molecule has 0 aliphatic rings. The molecule has 4 heteroatoms. The second-order valence-corrected chi connectivity index (χ2v) is 4.98. The summed E-state index contributed by atoms with van der Waals surface area (Å²) in [6, 6.07) is 4.36. The summed E-state index contributed by atoms with van der Waals surface area (Å²) in [5.41, 5.74) is 1.34. The Morgan fingerprint density at radius 3 is 1.84 bits per heavy atom. The van der Waals surface area contributed by atoms with Gasteiger partial charge in [0.05, 0.1) is 32.6 Å². The summed E-state index contributed by atoms with van der Waals surface area (Å²) in [7, 11) is 0. The molecule has 0 saturated carbocycles. The Labute approximate surface area is 140 Å². The maximum Gasteiger partial charge on any atom is 0.169 e. The fourth-order valence-corrected chi connectivity index (χ4v) is 2.41. The lowest BCUT2D eigenvalue weighted by molar-refractivity contribution is -0.925. The van der Waals surface area contributed by atoms with Gasteiger partial charge in [0, 0.05) is 12.1 Å². The van der Waals surface area contributed by atoms with Crippen LogP contribution in [-0.2, 0) is 6.54 Å². The third-order valence-electron chi connectivity index (χ3n) is 4.12. The van der Waals surface area contributed by atoms with Crippen molar-refractivity contribution in [3.05, 3.63) is 30.1 Å². The van der Waals surface area contributed by atoms with Crippen LogP contribution in [0.4, 0.5) is 0 Å². The third kappa shape index (κ3) is 6.87. The second-order valence-electron chi connectivity index (χ2n) is 4.98. The van der Waals surface area contributed by atoms with E-state index in [1.807, 2.05) is 0 Å². The first-order valence-corrected chi connectivity index (χ1v) is 6.96. The Hall–Kier alpha value is 0.0700. The van der Waals surface area contributed by atoms with Gasteiger partial charge in [0.2, 0.25) is 0 Å². The van der Waals surface area contributed by atoms with Crippen LogP contribution in [0, 0.1) is 6.92 Å². The van der Waals surface area contributed by atoms with Crippen LogP contribution in [0.15, 0.2) is 24.5 Å². The van der Waals surface area contributed by atoms with E-state index in [-0.39, 0.29) is 34.0 Å². The zero-order valence-electron chi connectivity index (χ0n) is 12.7. The quantitative estimate of drug-likeness (QED) is 0.334. The highest BCUT2D eigenvalue weighted by Crippen LogP contribution is 2.07. The first-order chi connectivity index (χ1) is 8.15. The Morgan fingerprint density at radius 1 is 0.947 bits per heavy atom. The lowest BCUT2D eigenvalue weighted by Crippen LogP contribution is -3.00. The molecule has 2 nitrogen and oxygen atoms in total. The Bertz CT molecular complexity index is 313. The van der Waals surface area contributed by atoms with Gasteiger partial charge in [0.15, 0.2) is 18.9 Å². The third-order valence-corrected chi connectivity index (χ3v) is 4.12. The largest absolute Gasteiger partial charge is 1.00 e. The molecule has 0 saturated heterocycles. The molecule has 0 amide bonds. The summed E-state index contributed by atoms with van der Waals surface area (Å²) in [6.45, 7) is 15.3. The van der Waals surface area contributed by atoms with E-state index >= 15 is 0 Å². The van der Waals surface area contributed by atoms with E-state index in [4.69, 9.17) is 0 Å². The molecule has 0 aromatic carbocycles. The van der Waals surface area contributed by atoms with E-state index in [1.54, 1.807) is 0 Å². The van der Waals surface area contributed by atoms with E-state index in [0.29, 0.717) is 0 Å². The van der Waals surface area contributed by atoms with Crippen molar-refractivity contribution in [2.24, 2.45) is 0 Å². The molecule has 1 heterocycles. The predicted molar refractivity (Wildman–Crippen MR) is 72.7 cm³/mol. The number of hydrogen-bond donors (Lipinski definition) is 0. The van der Waals surface area contributed by atoms with E-state index in [9.17, 15) is 0 Å². The van der Waals surface area contributed by atoms with E-state index in [0.717, 1.165) is 6.54 Å². The van der Waals surface area contributed by atoms with Gasteiger partial charge in [-0.25, -0.2) is 4.57 Å². The highest BCUT2D eigenvalue weighted by Gasteiger charge is 2.20. The topological polar surface area (TPSA) is 3.88 Å². The molecule has 1 aromatic heterocycles. The molecule has 0 radical (unpaired) electrons. The van der Waals surface area contributed by atoms with Gasteiger partial charge in [-0.2, -0.15) is 0 Å². The fourth-order valence-electron chi connectivity index (χ4n) is 2.41. The normalized spacial score (nSPS) is 10.5. The Balaban J connectivity index is 0. The molecule has 112 valence electrons. The van der Waals surface area contributed by atoms with Crippen molar-refractivity contribution >= 4 is 0 Å². The van der Waals surface area contributed by atoms with Gasteiger partial charge in [0.1, 0.15) is 0 Å². The molecule has 0 spiro atoms. The van der Waals surface area contributed by atoms with E-state index < -0.39 is 0 Å². The van der Waals surface area contributed by atoms with Crippen molar-refractivity contribution < 1.29 is 43.0 Å². The number of aromatic nitrogens is 1. The number of rotatable bonds is 7. The van der Waals surface area contributed by atoms with Gasteiger partial charge in [-0.1, -0.05) is 0 Å². The van der Waals surface area contributed by atoms with E-state index in [1.165, 1.54) is 42.6 Å². The van der Waals surface area contributed by atoms with Crippen LogP contribution in [0.3, 0.4) is 0 Å². The standard InChI is InChI=1S/C15H28N2.2BrH/c1-5-17(6-2,7-3)14-8-11-16-12-9-15(4)10-13-16;;/h9-10,12-13H,5-8,11,14H2,1-4H3;2*1H/q+2;;/p-2. The van der Waals surface area contributed by atoms with Crippen LogP contribution in [-0.4, -0.2) is 30.7 Å². The highest BCUT2D eigenvalue weighted by atomic mass is 79.9. The van der Waals surface area contributed by atoms with Crippen molar-refractivity contribution in [3.63, 3.8) is 0 Å². The van der Waals surface area contributed by atoms with Crippen molar-refractivity contribution in [1.29, 1.82) is 0 Å². The molecule has 0 aliphatic heterocycles. The van der Waals surface area contributed by atoms with Crippen LogP contribution in [0.25, 0.3) is 0 Å². The number of aryl methyl sites for hydroxylation is 2. The van der Waals surface area contributed by atoms with Gasteiger partial charge in [-0.15, -0.1) is 0 Å². The lowest BCUT2D eigenvalue weighted by Gasteiger charge is -2.35. The summed E-state index contributed by atoms with van der Waals surface area (Å²) in [6.07, 6.45) is 5.64. The first-order valence-electron chi connectivity index (χ1n) is 6.96. The zero-order valence-corrected chi connectivity index (χ0v) is 15.9. The molecule has 1 rings (SSSR count). The summed E-state index contributed by atoms with van der Waals surface area (Å²) < 4.78 is 3.55. The minimum absolute atomic E-state index is 0. The summed E-state index contributed by atoms with van der Waals surface area (Å²) in [5, 5.41) is 0. The number of pyridine rings is 1. The van der Waals surface area contributed by atoms with Gasteiger partial charge < -0.3 is 38.4 Å². The molecule has 0 bridgehead atoms. The van der Waals surface area contributed by atoms with E-state index in [2.05, 4.69) is 56.8 Å². The zero-order chi connectivity index (χ0) is 12.7. The first kappa shape index (κ1) is 21.4. The SMILES string of the molecule is CC[N+](CC)(CC)CCC[n+]1ccc(C)cc1.[Br-].[Br-]. The monoisotopic (exact) mass is 394 g/mol. The number of quaternary nitrogens is 1. The molecule has 0 aliphatic carbocycles. The molecule has 1 aromatic rings. The molecular formula is C15H28Br2N2. The smallest absolute Gasteiger partial charge is 0.169 e. The van der Waals surface area contributed by atoms with Crippen LogP contribution in [0.1, 0.15) is 32.8 Å². The number of halogens is 2. The van der Waals surface area contributed by atoms with Crippen molar-refractivity contribution in [2.75, 3.05) is 26.2 Å². The second kappa shape index (κ2) is 10.8. The minimum Gasteiger partial charge on any atom is -1.00 e. The Morgan fingerprint density at radius 2 is 1.42 bits per heavy atom. The van der Waals surface area contributed by atoms with Gasteiger partial charge in [-0.05, 0) is 33.3 Å². The summed E-state index contributed by atoms with van der Waals surface area (Å²) in [5.74, 6) is 0. The maximum absolute atomic E-state index is 2.31. The van der Waals surface area contributed by atoms with Crippen LogP contribution in [0.2, 0.25) is 0 Å². The lowest BCUT2D eigenvalue weighted by atomic mass is 10.2. The van der Waals surface area contributed by atoms with Gasteiger partial charge >= 0.3 is 0 Å². The fraction of sp³-hybridized carbons (Fsp3) is 0.667. The molecule has 0 unspecified atom stereocenters. The van der Waals surface area contributed by atoms with Crippen molar-refractivity contribution in [2.45, 2.75) is 40.7 Å². The number of nitrogens with zero attached hydrogens (tertiary/aromatic N) is 2. The minimum atomic E-state index is 0. The average molecular weight is 396 g/mol. The van der Waals surface area contributed by atoms with Gasteiger partial charge in [-0.3, -0.25) is 0 Å². The van der Waals surface area contributed by atoms with Crippen molar-refractivity contribution in [3.8, 4) is 0 Å². The predicted octanol–water partition coefficient (Wildman–Crippen LogP) is -3.44. The van der Waals surface area contributed by atoms with Crippen molar-refractivity contribution in [1.82, 2.24) is 0 Å². The van der Waals surface area contributed by atoms with Crippen LogP contribution in [0.5, 0.6) is 0 Å². The molecular weight excluding hydrogens is 368 g/mol. The Kier molecular flexibility index (Phi) is 12.2. The molecule has 0 atom stereocenters. The van der Waals surface area contributed by atoms with Crippen LogP contribution >= 0.6 is 0 Å². The molecule has 0 N–H and O–H groups in total. The molecule has 0 fully saturated rings. The number of hydrogen-bond acceptors (Lipinski definition) is 0. The average Bonchev–Trinajstić information content (AvgIpc) is 2.38. The summed E-state index contributed by atoms with van der Waals surface area (Å²) in [4.78, 5) is 0. The summed E-state index contributed by atoms with van der Waals surface area (Å²) >= 11 is 0. The highest BCUT2D eigenvalue weighted by molar-refractivity contribution is 5.03. The maximum atomic E-state index is 2.31. The van der Waals surface area contributed by atoms with Crippen LogP contribution < -0.4 is 38.5 Å². The molecule has 19 heavy (non-hydrogen) atoms.